The Morgan fingerprint density at radius 1 is 1.16 bits per heavy atom. The second kappa shape index (κ2) is 10.0. The number of aromatic amines is 1. The minimum atomic E-state index is -0.359. The zero-order chi connectivity index (χ0) is 25.4. The van der Waals surface area contributed by atoms with Crippen LogP contribution in [-0.2, 0) is 14.3 Å². The van der Waals surface area contributed by atoms with Crippen LogP contribution in [0.5, 0.6) is 0 Å². The number of nitrogens with zero attached hydrogens (tertiary/aromatic N) is 6. The normalized spacial score (nSPS) is 22.0. The first-order valence-corrected chi connectivity index (χ1v) is 13.1. The molecule has 0 aromatic carbocycles. The highest BCUT2D eigenvalue weighted by molar-refractivity contribution is 5.86. The molecule has 6 rings (SSSR count). The highest BCUT2D eigenvalue weighted by atomic mass is 16.5. The fraction of sp³-hybridized carbons (Fsp3) is 0.560. The minimum absolute atomic E-state index is 0.0426. The van der Waals surface area contributed by atoms with Crippen LogP contribution in [-0.4, -0.2) is 86.7 Å². The van der Waals surface area contributed by atoms with Gasteiger partial charge in [-0.05, 0) is 50.7 Å². The molecule has 3 aromatic rings. The Morgan fingerprint density at radius 2 is 2.03 bits per heavy atom. The van der Waals surface area contributed by atoms with Crippen LogP contribution in [0.1, 0.15) is 50.1 Å². The molecule has 5 heterocycles. The molecule has 0 bridgehead atoms. The smallest absolute Gasteiger partial charge is 0.248 e. The summed E-state index contributed by atoms with van der Waals surface area (Å²) in [4.78, 5) is 39.0. The van der Waals surface area contributed by atoms with Crippen LogP contribution in [0.2, 0.25) is 0 Å². The lowest BCUT2D eigenvalue weighted by molar-refractivity contribution is -0.137. The number of hydrogen-bond donors (Lipinski definition) is 3. The Kier molecular flexibility index (Phi) is 6.41. The Balaban J connectivity index is 1.18. The molecule has 3 fully saturated rings. The average Bonchev–Trinajstić information content (AvgIpc) is 3.26. The number of methoxy groups -OCH3 is 1. The molecular weight excluding hydrogens is 474 g/mol. The molecule has 0 spiro atoms. The van der Waals surface area contributed by atoms with Gasteiger partial charge in [-0.1, -0.05) is 0 Å². The number of H-pyrrole nitrogens is 1. The average molecular weight is 508 g/mol. The lowest BCUT2D eigenvalue weighted by atomic mass is 10.0. The first kappa shape index (κ1) is 23.7. The van der Waals surface area contributed by atoms with E-state index >= 15 is 0 Å². The number of fused-ring (bicyclic) bond motifs is 1. The van der Waals surface area contributed by atoms with E-state index in [1.165, 1.54) is 20.0 Å². The third-order valence-corrected chi connectivity index (χ3v) is 7.43. The molecule has 3 aromatic heterocycles. The second-order valence-electron chi connectivity index (χ2n) is 10.2. The number of piperidine rings is 1. The number of nitrogens with one attached hydrogen (secondary N) is 3. The summed E-state index contributed by atoms with van der Waals surface area (Å²) in [5.74, 6) is 2.32. The van der Waals surface area contributed by atoms with E-state index in [1.807, 2.05) is 33.7 Å². The predicted molar refractivity (Wildman–Crippen MR) is 137 cm³/mol. The molecule has 0 radical (unpaired) electrons. The molecule has 2 amide bonds. The van der Waals surface area contributed by atoms with E-state index in [0.717, 1.165) is 37.0 Å². The summed E-state index contributed by atoms with van der Waals surface area (Å²) in [5.41, 5.74) is 1.89. The lowest BCUT2D eigenvalue weighted by Crippen LogP contribution is -2.54. The molecule has 3 aliphatic rings. The molecule has 12 nitrogen and oxygen atoms in total. The van der Waals surface area contributed by atoms with Crippen molar-refractivity contribution in [1.29, 1.82) is 0 Å². The van der Waals surface area contributed by atoms with Crippen LogP contribution in [0.3, 0.4) is 0 Å². The molecule has 1 saturated carbocycles. The summed E-state index contributed by atoms with van der Waals surface area (Å²) in [6, 6.07) is 5.45. The largest absolute Gasteiger partial charge is 0.375 e. The van der Waals surface area contributed by atoms with Crippen LogP contribution in [0, 0.1) is 0 Å². The maximum Gasteiger partial charge on any atom is 0.248 e. The number of ether oxygens (including phenoxy) is 1. The van der Waals surface area contributed by atoms with E-state index in [4.69, 9.17) is 14.7 Å². The fourth-order valence-corrected chi connectivity index (χ4v) is 5.37. The Labute approximate surface area is 214 Å². The van der Waals surface area contributed by atoms with Crippen molar-refractivity contribution < 1.29 is 14.3 Å². The number of hydrogen-bond acceptors (Lipinski definition) is 8. The Hall–Kier alpha value is -3.67. The van der Waals surface area contributed by atoms with Crippen molar-refractivity contribution in [3.8, 4) is 0 Å². The maximum atomic E-state index is 13.4. The Bertz CT molecular complexity index is 1280. The van der Waals surface area contributed by atoms with Crippen LogP contribution in [0.15, 0.2) is 24.4 Å². The molecule has 0 unspecified atom stereocenters. The van der Waals surface area contributed by atoms with E-state index in [0.29, 0.717) is 43.3 Å². The highest BCUT2D eigenvalue weighted by Crippen LogP contribution is 2.39. The molecule has 3 N–H and O–H groups in total. The molecule has 12 heteroatoms. The van der Waals surface area contributed by atoms with Crippen LogP contribution in [0.25, 0.3) is 5.65 Å². The quantitative estimate of drug-likeness (QED) is 0.420. The molecule has 196 valence electrons. The van der Waals surface area contributed by atoms with E-state index < -0.39 is 0 Å². The third-order valence-electron chi connectivity index (χ3n) is 7.43. The van der Waals surface area contributed by atoms with Gasteiger partial charge in [0, 0.05) is 56.7 Å². The van der Waals surface area contributed by atoms with Gasteiger partial charge >= 0.3 is 0 Å². The summed E-state index contributed by atoms with van der Waals surface area (Å²) in [6.45, 7) is 1.97. The zero-order valence-corrected chi connectivity index (χ0v) is 21.0. The zero-order valence-electron chi connectivity index (χ0n) is 21.0. The number of likely N-dealkylation sites (tertiary alicyclic amines) is 1. The molecule has 2 aliphatic heterocycles. The van der Waals surface area contributed by atoms with Gasteiger partial charge in [-0.25, -0.2) is 0 Å². The van der Waals surface area contributed by atoms with Gasteiger partial charge in [0.1, 0.15) is 18.3 Å². The standard InChI is InChI=1S/C25H33N9O3/c1-37-15-22(35)32-10-2-5-17(14-32)26-23(36)19-6-3-11-33(19)25-28-21-7-4-12-34(21)24(29-25)27-20-13-18(30-31-20)16-8-9-16/h4,7,12-13,16-17,19H,2-3,5-6,8-11,14-15H2,1H3,(H,26,36)(H2,27,28,29,30,31)/t17-,19+/m1/s1. The number of aromatic nitrogens is 5. The summed E-state index contributed by atoms with van der Waals surface area (Å²) in [6.07, 6.45) is 7.61. The van der Waals surface area contributed by atoms with E-state index in [9.17, 15) is 9.59 Å². The SMILES string of the molecule is COCC(=O)N1CCC[C@@H](NC(=O)[C@@H]2CCCN2c2nc(Nc3cc(C4CC4)[nH]n3)n3cccc3n2)C1. The van der Waals surface area contributed by atoms with E-state index in [-0.39, 0.29) is 30.5 Å². The summed E-state index contributed by atoms with van der Waals surface area (Å²) >= 11 is 0. The summed E-state index contributed by atoms with van der Waals surface area (Å²) in [5, 5.41) is 14.0. The molecule has 2 atom stereocenters. The monoisotopic (exact) mass is 507 g/mol. The highest BCUT2D eigenvalue weighted by Gasteiger charge is 2.35. The topological polar surface area (TPSA) is 133 Å². The molecule has 1 aliphatic carbocycles. The number of carbonyl (C=O) groups excluding carboxylic acids is 2. The van der Waals surface area contributed by atoms with Crippen molar-refractivity contribution in [2.45, 2.75) is 56.5 Å². The van der Waals surface area contributed by atoms with E-state index in [1.54, 1.807) is 4.90 Å². The van der Waals surface area contributed by atoms with Crippen molar-refractivity contribution in [2.24, 2.45) is 0 Å². The first-order valence-electron chi connectivity index (χ1n) is 13.1. The number of amides is 2. The molecular formula is C25H33N9O3. The van der Waals surface area contributed by atoms with Gasteiger partial charge in [0.15, 0.2) is 5.82 Å². The molecule has 37 heavy (non-hydrogen) atoms. The summed E-state index contributed by atoms with van der Waals surface area (Å²) < 4.78 is 6.87. The Morgan fingerprint density at radius 3 is 2.86 bits per heavy atom. The van der Waals surface area contributed by atoms with Crippen LogP contribution < -0.4 is 15.5 Å². The number of carbonyl (C=O) groups is 2. The number of anilines is 3. The van der Waals surface area contributed by atoms with Gasteiger partial charge in [-0.3, -0.25) is 19.1 Å². The predicted octanol–water partition coefficient (Wildman–Crippen LogP) is 1.80. The van der Waals surface area contributed by atoms with Gasteiger partial charge in [0.2, 0.25) is 23.7 Å². The fourth-order valence-electron chi connectivity index (χ4n) is 5.37. The van der Waals surface area contributed by atoms with Crippen LogP contribution >= 0.6 is 0 Å². The second-order valence-corrected chi connectivity index (χ2v) is 10.2. The third kappa shape index (κ3) is 4.97. The van der Waals surface area contributed by atoms with E-state index in [2.05, 4.69) is 20.8 Å². The molecule has 2 saturated heterocycles. The minimum Gasteiger partial charge on any atom is -0.375 e. The van der Waals surface area contributed by atoms with Crippen molar-refractivity contribution in [3.05, 3.63) is 30.1 Å². The first-order chi connectivity index (χ1) is 18.1. The van der Waals surface area contributed by atoms with Gasteiger partial charge in [-0.2, -0.15) is 15.1 Å². The maximum absolute atomic E-state index is 13.4. The van der Waals surface area contributed by atoms with Crippen LogP contribution in [0.4, 0.5) is 17.7 Å². The van der Waals surface area contributed by atoms with Crippen molar-refractivity contribution in [2.75, 3.05) is 43.6 Å². The van der Waals surface area contributed by atoms with Gasteiger partial charge in [-0.15, -0.1) is 0 Å². The lowest BCUT2D eigenvalue weighted by Gasteiger charge is -2.34. The van der Waals surface area contributed by atoms with Gasteiger partial charge < -0.3 is 25.2 Å². The van der Waals surface area contributed by atoms with Crippen molar-refractivity contribution in [1.82, 2.24) is 34.8 Å². The number of rotatable bonds is 8. The van der Waals surface area contributed by atoms with Gasteiger partial charge in [0.25, 0.3) is 0 Å². The summed E-state index contributed by atoms with van der Waals surface area (Å²) in [7, 11) is 1.52. The van der Waals surface area contributed by atoms with Crippen molar-refractivity contribution in [3.63, 3.8) is 0 Å². The van der Waals surface area contributed by atoms with Gasteiger partial charge in [0.05, 0.1) is 0 Å². The van der Waals surface area contributed by atoms with Crippen molar-refractivity contribution >= 4 is 35.2 Å².